The normalized spacial score (nSPS) is 14.8. The highest BCUT2D eigenvalue weighted by atomic mass is 19.1. The van der Waals surface area contributed by atoms with Crippen molar-refractivity contribution in [2.24, 2.45) is 0 Å². The Balaban J connectivity index is 2.19. The number of halogens is 1. The van der Waals surface area contributed by atoms with Crippen LogP contribution in [0.1, 0.15) is 12.8 Å². The van der Waals surface area contributed by atoms with Gasteiger partial charge in [0.05, 0.1) is 11.3 Å². The first-order chi connectivity index (χ1) is 7.79. The van der Waals surface area contributed by atoms with Gasteiger partial charge in [-0.25, -0.2) is 4.39 Å². The Hall–Kier alpha value is -2.08. The van der Waals surface area contributed by atoms with Gasteiger partial charge in [-0.1, -0.05) is 18.2 Å². The summed E-state index contributed by atoms with van der Waals surface area (Å²) < 4.78 is 13.0. The Morgan fingerprint density at radius 2 is 2.06 bits per heavy atom. The zero-order valence-corrected chi connectivity index (χ0v) is 8.70. The standard InChI is InChI=1S/C13H11FN2/c14-11-5-3-6-12(8-11)16-13-7-2-1-4-10(13)9-15/h3-8,16H,1-2H2. The fraction of sp³-hybridized carbons (Fsp3) is 0.154. The van der Waals surface area contributed by atoms with Crippen LogP contribution in [0.3, 0.4) is 0 Å². The Kier molecular flexibility index (Phi) is 3.02. The first-order valence-corrected chi connectivity index (χ1v) is 5.13. The summed E-state index contributed by atoms with van der Waals surface area (Å²) in [4.78, 5) is 0. The summed E-state index contributed by atoms with van der Waals surface area (Å²) in [5.41, 5.74) is 2.05. The van der Waals surface area contributed by atoms with Crippen LogP contribution in [0, 0.1) is 17.1 Å². The van der Waals surface area contributed by atoms with Crippen LogP contribution < -0.4 is 5.32 Å². The van der Waals surface area contributed by atoms with Gasteiger partial charge in [0.1, 0.15) is 11.9 Å². The number of nitriles is 1. The average molecular weight is 214 g/mol. The number of benzene rings is 1. The molecule has 0 bridgehead atoms. The molecule has 0 heterocycles. The first kappa shape index (κ1) is 10.4. The molecule has 0 aliphatic heterocycles. The van der Waals surface area contributed by atoms with Crippen LogP contribution in [-0.4, -0.2) is 0 Å². The third-order valence-electron chi connectivity index (χ3n) is 2.38. The zero-order valence-electron chi connectivity index (χ0n) is 8.70. The second kappa shape index (κ2) is 4.63. The van der Waals surface area contributed by atoms with Crippen LogP contribution in [0.4, 0.5) is 10.1 Å². The summed E-state index contributed by atoms with van der Waals surface area (Å²) in [5, 5.41) is 12.0. The molecule has 0 atom stereocenters. The van der Waals surface area contributed by atoms with Gasteiger partial charge in [0.15, 0.2) is 0 Å². The van der Waals surface area contributed by atoms with E-state index in [1.165, 1.54) is 12.1 Å². The molecule has 0 radical (unpaired) electrons. The lowest BCUT2D eigenvalue weighted by Gasteiger charge is -2.13. The van der Waals surface area contributed by atoms with Crippen molar-refractivity contribution in [3.05, 3.63) is 53.5 Å². The molecule has 1 aliphatic rings. The van der Waals surface area contributed by atoms with Crippen LogP contribution >= 0.6 is 0 Å². The molecule has 0 aromatic heterocycles. The van der Waals surface area contributed by atoms with Crippen LogP contribution in [0.5, 0.6) is 0 Å². The predicted molar refractivity (Wildman–Crippen MR) is 61.0 cm³/mol. The van der Waals surface area contributed by atoms with Crippen molar-refractivity contribution < 1.29 is 4.39 Å². The molecule has 2 nitrogen and oxygen atoms in total. The zero-order chi connectivity index (χ0) is 11.4. The molecule has 0 saturated carbocycles. The summed E-state index contributed by atoms with van der Waals surface area (Å²) in [6, 6.07) is 8.33. The number of allylic oxidation sites excluding steroid dienone is 3. The molecule has 0 fully saturated rings. The highest BCUT2D eigenvalue weighted by Gasteiger charge is 2.08. The van der Waals surface area contributed by atoms with Gasteiger partial charge < -0.3 is 5.32 Å². The second-order valence-electron chi connectivity index (χ2n) is 3.56. The largest absolute Gasteiger partial charge is 0.355 e. The fourth-order valence-corrected chi connectivity index (χ4v) is 1.62. The summed E-state index contributed by atoms with van der Waals surface area (Å²) in [6.45, 7) is 0. The molecular formula is C13H11FN2. The van der Waals surface area contributed by atoms with Gasteiger partial charge in [0.25, 0.3) is 0 Å². The lowest BCUT2D eigenvalue weighted by atomic mass is 10.0. The van der Waals surface area contributed by atoms with Crippen LogP contribution in [0.2, 0.25) is 0 Å². The quantitative estimate of drug-likeness (QED) is 0.819. The van der Waals surface area contributed by atoms with Gasteiger partial charge in [0, 0.05) is 5.69 Å². The fourth-order valence-electron chi connectivity index (χ4n) is 1.62. The van der Waals surface area contributed by atoms with Crippen molar-refractivity contribution in [3.8, 4) is 6.07 Å². The third-order valence-corrected chi connectivity index (χ3v) is 2.38. The van der Waals surface area contributed by atoms with E-state index in [4.69, 9.17) is 5.26 Å². The average Bonchev–Trinajstić information content (AvgIpc) is 2.30. The summed E-state index contributed by atoms with van der Waals surface area (Å²) in [7, 11) is 0. The number of nitrogens with one attached hydrogen (secondary N) is 1. The summed E-state index contributed by atoms with van der Waals surface area (Å²) in [5.74, 6) is -0.288. The van der Waals surface area contributed by atoms with E-state index in [0.717, 1.165) is 18.5 Å². The molecule has 1 aromatic rings. The number of anilines is 1. The van der Waals surface area contributed by atoms with E-state index < -0.39 is 0 Å². The maximum atomic E-state index is 13.0. The molecule has 1 N–H and O–H groups in total. The molecule has 80 valence electrons. The minimum atomic E-state index is -0.288. The minimum absolute atomic E-state index is 0.288. The number of nitrogens with zero attached hydrogens (tertiary/aromatic N) is 1. The molecule has 0 unspecified atom stereocenters. The van der Waals surface area contributed by atoms with Crippen molar-refractivity contribution in [2.75, 3.05) is 5.32 Å². The third kappa shape index (κ3) is 2.29. The molecule has 0 spiro atoms. The van der Waals surface area contributed by atoms with E-state index in [1.54, 1.807) is 12.1 Å². The molecule has 2 rings (SSSR count). The first-order valence-electron chi connectivity index (χ1n) is 5.13. The summed E-state index contributed by atoms with van der Waals surface area (Å²) in [6.07, 6.45) is 5.64. The van der Waals surface area contributed by atoms with Crippen molar-refractivity contribution in [1.82, 2.24) is 0 Å². The second-order valence-corrected chi connectivity index (χ2v) is 3.56. The molecule has 1 aromatic carbocycles. The van der Waals surface area contributed by atoms with Crippen molar-refractivity contribution in [1.29, 1.82) is 5.26 Å². The van der Waals surface area contributed by atoms with E-state index in [0.29, 0.717) is 11.3 Å². The molecular weight excluding hydrogens is 203 g/mol. The van der Waals surface area contributed by atoms with Crippen LogP contribution in [0.25, 0.3) is 0 Å². The van der Waals surface area contributed by atoms with Crippen LogP contribution in [-0.2, 0) is 0 Å². The maximum absolute atomic E-state index is 13.0. The van der Waals surface area contributed by atoms with E-state index in [2.05, 4.69) is 11.4 Å². The van der Waals surface area contributed by atoms with Gasteiger partial charge >= 0.3 is 0 Å². The lowest BCUT2D eigenvalue weighted by Crippen LogP contribution is -2.04. The van der Waals surface area contributed by atoms with Crippen molar-refractivity contribution in [2.45, 2.75) is 12.8 Å². The number of hydrogen-bond donors (Lipinski definition) is 1. The summed E-state index contributed by atoms with van der Waals surface area (Å²) >= 11 is 0. The highest BCUT2D eigenvalue weighted by molar-refractivity contribution is 5.57. The maximum Gasteiger partial charge on any atom is 0.125 e. The van der Waals surface area contributed by atoms with Gasteiger partial charge in [0.2, 0.25) is 0 Å². The van der Waals surface area contributed by atoms with Crippen molar-refractivity contribution >= 4 is 5.69 Å². The molecule has 1 aliphatic carbocycles. The monoisotopic (exact) mass is 214 g/mol. The van der Waals surface area contributed by atoms with E-state index in [1.807, 2.05) is 12.2 Å². The van der Waals surface area contributed by atoms with E-state index in [-0.39, 0.29) is 5.82 Å². The smallest absolute Gasteiger partial charge is 0.125 e. The SMILES string of the molecule is N#CC1=CCCC=C1Nc1cccc(F)c1. The molecule has 0 amide bonds. The molecule has 0 saturated heterocycles. The van der Waals surface area contributed by atoms with Crippen LogP contribution in [0.15, 0.2) is 47.7 Å². The number of rotatable bonds is 2. The Labute approximate surface area is 93.7 Å². The molecule has 16 heavy (non-hydrogen) atoms. The Morgan fingerprint density at radius 1 is 1.25 bits per heavy atom. The predicted octanol–water partition coefficient (Wildman–Crippen LogP) is 3.37. The topological polar surface area (TPSA) is 35.8 Å². The number of hydrogen-bond acceptors (Lipinski definition) is 2. The minimum Gasteiger partial charge on any atom is -0.355 e. The van der Waals surface area contributed by atoms with Gasteiger partial charge in [-0.2, -0.15) is 5.26 Å². The van der Waals surface area contributed by atoms with E-state index >= 15 is 0 Å². The Bertz CT molecular complexity index is 495. The van der Waals surface area contributed by atoms with Gasteiger partial charge in [-0.05, 0) is 31.0 Å². The van der Waals surface area contributed by atoms with Gasteiger partial charge in [-0.15, -0.1) is 0 Å². The lowest BCUT2D eigenvalue weighted by molar-refractivity contribution is 0.628. The van der Waals surface area contributed by atoms with E-state index in [9.17, 15) is 4.39 Å². The van der Waals surface area contributed by atoms with Crippen molar-refractivity contribution in [3.63, 3.8) is 0 Å². The Morgan fingerprint density at radius 3 is 2.81 bits per heavy atom. The highest BCUT2D eigenvalue weighted by Crippen LogP contribution is 2.21. The molecule has 3 heteroatoms. The van der Waals surface area contributed by atoms with Gasteiger partial charge in [-0.3, -0.25) is 0 Å².